The average Bonchev–Trinajstić information content (AvgIpc) is 3.52. The number of benzene rings is 2. The molecule has 6 nitrogen and oxygen atoms in total. The van der Waals surface area contributed by atoms with Gasteiger partial charge in [-0.05, 0) is 35.7 Å². The number of hydrogen-bond donors (Lipinski definition) is 1. The van der Waals surface area contributed by atoms with Crippen LogP contribution in [0.5, 0.6) is 5.75 Å². The zero-order valence-corrected chi connectivity index (χ0v) is 18.8. The molecule has 2 aromatic heterocycles. The number of methoxy groups -OCH3 is 1. The number of fused-ring (bicyclic) bond motifs is 1. The highest BCUT2D eigenvalue weighted by Gasteiger charge is 2.49. The normalized spacial score (nSPS) is 17.6. The monoisotopic (exact) mass is 502 g/mol. The first-order chi connectivity index (χ1) is 16.3. The predicted molar refractivity (Wildman–Crippen MR) is 122 cm³/mol. The number of aliphatic hydroxyl groups excluding tert-OH is 1. The number of thiazole rings is 1. The van der Waals surface area contributed by atoms with Crippen LogP contribution in [0.25, 0.3) is 16.0 Å². The number of anilines is 1. The minimum atomic E-state index is -1.12. The third-order valence-electron chi connectivity index (χ3n) is 5.28. The van der Waals surface area contributed by atoms with E-state index in [0.29, 0.717) is 10.9 Å². The lowest BCUT2D eigenvalue weighted by Crippen LogP contribution is -2.28. The van der Waals surface area contributed by atoms with E-state index in [0.717, 1.165) is 34.4 Å². The zero-order valence-electron chi connectivity index (χ0n) is 17.2. The van der Waals surface area contributed by atoms with Crippen molar-refractivity contribution in [3.05, 3.63) is 81.3 Å². The number of rotatable bonds is 4. The Bertz CT molecular complexity index is 1500. The zero-order chi connectivity index (χ0) is 24.1. The minimum absolute atomic E-state index is 0.0507. The Hall–Kier alpha value is -3.70. The standard InChI is InChI=1S/C23H13F3N2O4S2/c1-32-14-5-4-10(24)7-12(14)20(29)17-19(15-3-2-6-33-15)28(22(31)21(17)30)23-27-18-13(26)8-11(25)9-16(18)34-23/h2-9,19,29H,1H3/b20-17+. The molecule has 1 amide bonds. The first-order valence-electron chi connectivity index (χ1n) is 9.74. The number of Topliss-reactive ketones (excluding diaryl/α,β-unsaturated/α-hetero) is 1. The molecule has 5 rings (SSSR count). The van der Waals surface area contributed by atoms with E-state index in [1.807, 2.05) is 0 Å². The fourth-order valence-corrected chi connectivity index (χ4v) is 5.66. The summed E-state index contributed by atoms with van der Waals surface area (Å²) >= 11 is 2.04. The van der Waals surface area contributed by atoms with Gasteiger partial charge in [0.05, 0.1) is 22.9 Å². The van der Waals surface area contributed by atoms with Crippen LogP contribution in [0.4, 0.5) is 18.3 Å². The van der Waals surface area contributed by atoms with Crippen LogP contribution < -0.4 is 9.64 Å². The van der Waals surface area contributed by atoms with E-state index in [-0.39, 0.29) is 32.2 Å². The highest BCUT2D eigenvalue weighted by atomic mass is 32.1. The molecule has 3 heterocycles. The molecule has 1 aliphatic heterocycles. The third-order valence-corrected chi connectivity index (χ3v) is 7.21. The molecule has 1 aliphatic rings. The topological polar surface area (TPSA) is 79.7 Å². The molecule has 1 saturated heterocycles. The van der Waals surface area contributed by atoms with Crippen LogP contribution in [0, 0.1) is 17.5 Å². The first-order valence-corrected chi connectivity index (χ1v) is 11.4. The molecule has 34 heavy (non-hydrogen) atoms. The third kappa shape index (κ3) is 3.44. The maximum atomic E-state index is 14.3. The Kier molecular flexibility index (Phi) is 5.37. The number of halogens is 3. The molecule has 172 valence electrons. The number of carbonyl (C=O) groups excluding carboxylic acids is 2. The summed E-state index contributed by atoms with van der Waals surface area (Å²) in [5, 5.41) is 12.8. The Labute approximate surface area is 198 Å². The number of aromatic nitrogens is 1. The van der Waals surface area contributed by atoms with Crippen molar-refractivity contribution in [2.75, 3.05) is 12.0 Å². The molecular weight excluding hydrogens is 489 g/mol. The smallest absolute Gasteiger partial charge is 0.301 e. The van der Waals surface area contributed by atoms with Crippen LogP contribution in [-0.4, -0.2) is 28.9 Å². The Morgan fingerprint density at radius 1 is 1.12 bits per heavy atom. The molecule has 0 saturated carbocycles. The number of amides is 1. The van der Waals surface area contributed by atoms with Crippen molar-refractivity contribution < 1.29 is 32.6 Å². The molecule has 2 aromatic carbocycles. The summed E-state index contributed by atoms with van der Waals surface area (Å²) in [6.45, 7) is 0. The van der Waals surface area contributed by atoms with E-state index in [1.165, 1.54) is 24.5 Å². The quantitative estimate of drug-likeness (QED) is 0.229. The average molecular weight is 502 g/mol. The van der Waals surface area contributed by atoms with Crippen LogP contribution in [0.3, 0.4) is 0 Å². The van der Waals surface area contributed by atoms with E-state index >= 15 is 0 Å². The number of thiophene rings is 1. The highest BCUT2D eigenvalue weighted by Crippen LogP contribution is 2.46. The molecule has 1 fully saturated rings. The van der Waals surface area contributed by atoms with Gasteiger partial charge in [-0.15, -0.1) is 11.3 Å². The fourth-order valence-electron chi connectivity index (χ4n) is 3.80. The van der Waals surface area contributed by atoms with E-state index in [2.05, 4.69) is 4.98 Å². The number of carbonyl (C=O) groups is 2. The van der Waals surface area contributed by atoms with Gasteiger partial charge in [-0.1, -0.05) is 17.4 Å². The van der Waals surface area contributed by atoms with Crippen LogP contribution in [-0.2, 0) is 9.59 Å². The summed E-state index contributed by atoms with van der Waals surface area (Å²) < 4.78 is 47.3. The highest BCUT2D eigenvalue weighted by molar-refractivity contribution is 7.22. The van der Waals surface area contributed by atoms with E-state index in [1.54, 1.807) is 17.5 Å². The van der Waals surface area contributed by atoms with Crippen molar-refractivity contribution in [2.45, 2.75) is 6.04 Å². The second-order valence-electron chi connectivity index (χ2n) is 7.26. The van der Waals surface area contributed by atoms with Gasteiger partial charge >= 0.3 is 5.91 Å². The van der Waals surface area contributed by atoms with Crippen molar-refractivity contribution in [3.8, 4) is 5.75 Å². The lowest BCUT2D eigenvalue weighted by atomic mass is 9.99. The number of ketones is 1. The van der Waals surface area contributed by atoms with Crippen LogP contribution in [0.1, 0.15) is 16.5 Å². The Balaban J connectivity index is 1.75. The molecule has 0 bridgehead atoms. The lowest BCUT2D eigenvalue weighted by Gasteiger charge is -2.21. The van der Waals surface area contributed by atoms with Crippen molar-refractivity contribution in [1.82, 2.24) is 4.98 Å². The second kappa shape index (κ2) is 8.26. The number of hydrogen-bond acceptors (Lipinski definition) is 7. The molecule has 4 aromatic rings. The molecular formula is C23H13F3N2O4S2. The van der Waals surface area contributed by atoms with E-state index in [4.69, 9.17) is 4.74 Å². The largest absolute Gasteiger partial charge is 0.507 e. The molecule has 0 spiro atoms. The van der Waals surface area contributed by atoms with Gasteiger partial charge in [0.1, 0.15) is 34.7 Å². The van der Waals surface area contributed by atoms with Crippen molar-refractivity contribution >= 4 is 55.5 Å². The molecule has 1 unspecified atom stereocenters. The molecule has 1 N–H and O–H groups in total. The number of aliphatic hydroxyl groups is 1. The van der Waals surface area contributed by atoms with E-state index in [9.17, 15) is 27.9 Å². The van der Waals surface area contributed by atoms with Gasteiger partial charge in [0.2, 0.25) is 0 Å². The molecule has 0 radical (unpaired) electrons. The van der Waals surface area contributed by atoms with Crippen LogP contribution in [0.2, 0.25) is 0 Å². The molecule has 0 aliphatic carbocycles. The maximum absolute atomic E-state index is 14.3. The van der Waals surface area contributed by atoms with Crippen molar-refractivity contribution in [3.63, 3.8) is 0 Å². The Morgan fingerprint density at radius 3 is 2.62 bits per heavy atom. The number of nitrogens with zero attached hydrogens (tertiary/aromatic N) is 2. The van der Waals surface area contributed by atoms with Gasteiger partial charge < -0.3 is 9.84 Å². The van der Waals surface area contributed by atoms with E-state index < -0.39 is 40.9 Å². The van der Waals surface area contributed by atoms with Gasteiger partial charge in [-0.2, -0.15) is 0 Å². The summed E-state index contributed by atoms with van der Waals surface area (Å²) in [5.41, 5.74) is -0.568. The first kappa shape index (κ1) is 22.1. The van der Waals surface area contributed by atoms with Crippen molar-refractivity contribution in [1.29, 1.82) is 0 Å². The summed E-state index contributed by atoms with van der Waals surface area (Å²) in [6, 6.07) is 7.37. The summed E-state index contributed by atoms with van der Waals surface area (Å²) in [6.07, 6.45) is 0. The molecule has 11 heteroatoms. The minimum Gasteiger partial charge on any atom is -0.507 e. The van der Waals surface area contributed by atoms with Crippen LogP contribution >= 0.6 is 22.7 Å². The fraction of sp³-hybridized carbons (Fsp3) is 0.0870. The predicted octanol–water partition coefficient (Wildman–Crippen LogP) is 5.41. The van der Waals surface area contributed by atoms with Gasteiger partial charge in [0.25, 0.3) is 5.78 Å². The van der Waals surface area contributed by atoms with Gasteiger partial charge in [-0.25, -0.2) is 18.2 Å². The molecule has 1 atom stereocenters. The lowest BCUT2D eigenvalue weighted by molar-refractivity contribution is -0.132. The van der Waals surface area contributed by atoms with Gasteiger partial charge in [0, 0.05) is 10.9 Å². The van der Waals surface area contributed by atoms with Gasteiger partial charge in [0.15, 0.2) is 10.9 Å². The maximum Gasteiger partial charge on any atom is 0.301 e. The summed E-state index contributed by atoms with van der Waals surface area (Å²) in [5.74, 6) is -5.00. The van der Waals surface area contributed by atoms with Gasteiger partial charge in [-0.3, -0.25) is 14.5 Å². The number of ether oxygens (including phenoxy) is 1. The summed E-state index contributed by atoms with van der Waals surface area (Å²) in [4.78, 5) is 31.9. The second-order valence-corrected chi connectivity index (χ2v) is 9.25. The van der Waals surface area contributed by atoms with Crippen molar-refractivity contribution in [2.24, 2.45) is 0 Å². The summed E-state index contributed by atoms with van der Waals surface area (Å²) in [7, 11) is 1.31. The van der Waals surface area contributed by atoms with Crippen LogP contribution in [0.15, 0.2) is 53.4 Å². The SMILES string of the molecule is COc1ccc(F)cc1/C(O)=C1\C(=O)C(=O)N(c2nc3c(F)cc(F)cc3s2)C1c1cccs1. The Morgan fingerprint density at radius 2 is 1.91 bits per heavy atom.